The predicted octanol–water partition coefficient (Wildman–Crippen LogP) is 1.18. The van der Waals surface area contributed by atoms with Gasteiger partial charge in [-0.2, -0.15) is 5.26 Å². The standard InChI is InChI=1S/C7H6F2N4/c1-3-4(2-10)5(6(8)9)13-7(11)12-3/h6H,1H3,(H2,11,12,13). The number of halogens is 2. The van der Waals surface area contributed by atoms with Crippen LogP contribution in [-0.2, 0) is 0 Å². The molecule has 2 N–H and O–H groups in total. The Labute approximate surface area is 73.0 Å². The van der Waals surface area contributed by atoms with Gasteiger partial charge in [-0.15, -0.1) is 0 Å². The van der Waals surface area contributed by atoms with Crippen molar-refractivity contribution in [3.8, 4) is 6.07 Å². The van der Waals surface area contributed by atoms with E-state index in [-0.39, 0.29) is 17.2 Å². The van der Waals surface area contributed by atoms with Crippen LogP contribution < -0.4 is 5.73 Å². The van der Waals surface area contributed by atoms with Gasteiger partial charge in [-0.25, -0.2) is 18.7 Å². The summed E-state index contributed by atoms with van der Waals surface area (Å²) in [6, 6.07) is 1.61. The highest BCUT2D eigenvalue weighted by Crippen LogP contribution is 2.22. The number of nitriles is 1. The third kappa shape index (κ3) is 1.69. The van der Waals surface area contributed by atoms with Crippen LogP contribution >= 0.6 is 0 Å². The lowest BCUT2D eigenvalue weighted by Crippen LogP contribution is -2.05. The number of rotatable bonds is 1. The summed E-state index contributed by atoms with van der Waals surface area (Å²) in [4.78, 5) is 6.90. The van der Waals surface area contributed by atoms with Gasteiger partial charge in [0.1, 0.15) is 17.3 Å². The van der Waals surface area contributed by atoms with Gasteiger partial charge in [0, 0.05) is 0 Å². The molecule has 0 spiro atoms. The van der Waals surface area contributed by atoms with Gasteiger partial charge < -0.3 is 5.73 Å². The summed E-state index contributed by atoms with van der Waals surface area (Å²) in [5.41, 5.74) is 4.52. The van der Waals surface area contributed by atoms with Gasteiger partial charge in [-0.1, -0.05) is 0 Å². The number of nitrogens with zero attached hydrogens (tertiary/aromatic N) is 3. The maximum Gasteiger partial charge on any atom is 0.281 e. The molecule has 6 heteroatoms. The number of nitrogens with two attached hydrogens (primary N) is 1. The van der Waals surface area contributed by atoms with Crippen LogP contribution in [0.2, 0.25) is 0 Å². The predicted molar refractivity (Wildman–Crippen MR) is 40.9 cm³/mol. The number of aryl methyl sites for hydroxylation is 1. The van der Waals surface area contributed by atoms with Crippen LogP contribution in [0, 0.1) is 18.3 Å². The molecule has 0 aromatic carbocycles. The SMILES string of the molecule is Cc1nc(N)nc(C(F)F)c1C#N. The molecule has 4 nitrogen and oxygen atoms in total. The zero-order valence-electron chi connectivity index (χ0n) is 6.75. The summed E-state index contributed by atoms with van der Waals surface area (Å²) in [5.74, 6) is -0.244. The van der Waals surface area contributed by atoms with Gasteiger partial charge in [0.05, 0.1) is 5.69 Å². The van der Waals surface area contributed by atoms with E-state index in [1.807, 2.05) is 0 Å². The van der Waals surface area contributed by atoms with E-state index in [0.29, 0.717) is 0 Å². The van der Waals surface area contributed by atoms with Crippen LogP contribution in [0.5, 0.6) is 0 Å². The first kappa shape index (κ1) is 9.32. The summed E-state index contributed by atoms with van der Waals surface area (Å²) in [6.07, 6.45) is -2.81. The van der Waals surface area contributed by atoms with Crippen LogP contribution in [-0.4, -0.2) is 9.97 Å². The van der Waals surface area contributed by atoms with Crippen LogP contribution in [0.25, 0.3) is 0 Å². The minimum atomic E-state index is -2.81. The third-order valence-electron chi connectivity index (χ3n) is 1.45. The van der Waals surface area contributed by atoms with Gasteiger partial charge in [0.15, 0.2) is 0 Å². The van der Waals surface area contributed by atoms with Crippen LogP contribution in [0.4, 0.5) is 14.7 Å². The first-order valence-corrected chi connectivity index (χ1v) is 3.38. The van der Waals surface area contributed by atoms with Gasteiger partial charge >= 0.3 is 0 Å². The molecule has 0 bridgehead atoms. The van der Waals surface area contributed by atoms with Gasteiger partial charge in [-0.3, -0.25) is 0 Å². The summed E-state index contributed by atoms with van der Waals surface area (Å²) < 4.78 is 24.6. The average molecular weight is 184 g/mol. The molecule has 0 aliphatic rings. The van der Waals surface area contributed by atoms with Crippen molar-refractivity contribution in [1.82, 2.24) is 9.97 Å². The molecule has 0 unspecified atom stereocenters. The second-order valence-corrected chi connectivity index (χ2v) is 2.34. The molecule has 0 amide bonds. The van der Waals surface area contributed by atoms with Crippen molar-refractivity contribution in [2.24, 2.45) is 0 Å². The Bertz CT molecular complexity index is 369. The third-order valence-corrected chi connectivity index (χ3v) is 1.45. The van der Waals surface area contributed by atoms with Gasteiger partial charge in [0.25, 0.3) is 6.43 Å². The minimum Gasteiger partial charge on any atom is -0.368 e. The molecule has 68 valence electrons. The van der Waals surface area contributed by atoms with E-state index in [4.69, 9.17) is 11.0 Å². The fourth-order valence-corrected chi connectivity index (χ4v) is 0.913. The quantitative estimate of drug-likeness (QED) is 0.710. The molecule has 1 aromatic rings. The normalized spacial score (nSPS) is 10.1. The fraction of sp³-hybridized carbons (Fsp3) is 0.286. The Morgan fingerprint density at radius 3 is 2.54 bits per heavy atom. The molecule has 1 rings (SSSR count). The van der Waals surface area contributed by atoms with Crippen molar-refractivity contribution in [3.63, 3.8) is 0 Å². The van der Waals surface area contributed by atoms with E-state index >= 15 is 0 Å². The molecule has 0 saturated heterocycles. The first-order valence-electron chi connectivity index (χ1n) is 3.38. The molecule has 0 aliphatic heterocycles. The lowest BCUT2D eigenvalue weighted by atomic mass is 10.2. The smallest absolute Gasteiger partial charge is 0.281 e. The van der Waals surface area contributed by atoms with Gasteiger partial charge in [-0.05, 0) is 6.92 Å². The number of anilines is 1. The van der Waals surface area contributed by atoms with E-state index < -0.39 is 12.1 Å². The average Bonchev–Trinajstić information content (AvgIpc) is 2.02. The van der Waals surface area contributed by atoms with Crippen LogP contribution in [0.1, 0.15) is 23.4 Å². The number of alkyl halides is 2. The molecule has 1 heterocycles. The molecule has 0 radical (unpaired) electrons. The van der Waals surface area contributed by atoms with E-state index in [9.17, 15) is 8.78 Å². The second kappa shape index (κ2) is 3.31. The van der Waals surface area contributed by atoms with Crippen molar-refractivity contribution in [3.05, 3.63) is 17.0 Å². The Morgan fingerprint density at radius 2 is 2.08 bits per heavy atom. The summed E-state index contributed by atoms with van der Waals surface area (Å²) >= 11 is 0. The number of hydrogen-bond acceptors (Lipinski definition) is 4. The Hall–Kier alpha value is -1.77. The molecular weight excluding hydrogens is 178 g/mol. The number of hydrogen-bond donors (Lipinski definition) is 1. The topological polar surface area (TPSA) is 75.6 Å². The van der Waals surface area contributed by atoms with E-state index in [0.717, 1.165) is 0 Å². The summed E-state index contributed by atoms with van der Waals surface area (Å²) in [7, 11) is 0. The second-order valence-electron chi connectivity index (χ2n) is 2.34. The van der Waals surface area contributed by atoms with Crippen molar-refractivity contribution in [1.29, 1.82) is 5.26 Å². The zero-order valence-corrected chi connectivity index (χ0v) is 6.75. The lowest BCUT2D eigenvalue weighted by Gasteiger charge is -2.04. The molecular formula is C7H6F2N4. The molecule has 13 heavy (non-hydrogen) atoms. The van der Waals surface area contributed by atoms with E-state index in [2.05, 4.69) is 9.97 Å². The van der Waals surface area contributed by atoms with Crippen molar-refractivity contribution >= 4 is 5.95 Å². The highest BCUT2D eigenvalue weighted by Gasteiger charge is 2.18. The summed E-state index contributed by atoms with van der Waals surface area (Å²) in [5, 5.41) is 8.53. The fourth-order valence-electron chi connectivity index (χ4n) is 0.913. The Kier molecular flexibility index (Phi) is 2.37. The van der Waals surface area contributed by atoms with E-state index in [1.54, 1.807) is 6.07 Å². The Balaban J connectivity index is 3.41. The van der Waals surface area contributed by atoms with Crippen LogP contribution in [0.3, 0.4) is 0 Å². The monoisotopic (exact) mass is 184 g/mol. The van der Waals surface area contributed by atoms with Crippen molar-refractivity contribution in [2.45, 2.75) is 13.3 Å². The van der Waals surface area contributed by atoms with Gasteiger partial charge in [0.2, 0.25) is 5.95 Å². The van der Waals surface area contributed by atoms with Crippen molar-refractivity contribution in [2.75, 3.05) is 5.73 Å². The largest absolute Gasteiger partial charge is 0.368 e. The molecule has 1 aromatic heterocycles. The van der Waals surface area contributed by atoms with E-state index in [1.165, 1.54) is 6.92 Å². The zero-order chi connectivity index (χ0) is 10.0. The van der Waals surface area contributed by atoms with Crippen molar-refractivity contribution < 1.29 is 8.78 Å². The lowest BCUT2D eigenvalue weighted by molar-refractivity contribution is 0.145. The minimum absolute atomic E-state index is 0.172. The number of aromatic nitrogens is 2. The maximum absolute atomic E-state index is 12.3. The highest BCUT2D eigenvalue weighted by atomic mass is 19.3. The number of nitrogen functional groups attached to an aromatic ring is 1. The van der Waals surface area contributed by atoms with Crippen LogP contribution in [0.15, 0.2) is 0 Å². The highest BCUT2D eigenvalue weighted by molar-refractivity contribution is 5.40. The summed E-state index contributed by atoms with van der Waals surface area (Å²) in [6.45, 7) is 1.43. The molecule has 0 saturated carbocycles. The first-order chi connectivity index (χ1) is 6.06. The molecule has 0 atom stereocenters. The maximum atomic E-state index is 12.3. The Morgan fingerprint density at radius 1 is 1.46 bits per heavy atom. The molecule has 0 fully saturated rings. The molecule has 0 aliphatic carbocycles.